The first-order valence-electron chi connectivity index (χ1n) is 7.21. The van der Waals surface area contributed by atoms with Crippen LogP contribution >= 0.6 is 11.8 Å². The Bertz CT molecular complexity index is 412. The van der Waals surface area contributed by atoms with Crippen molar-refractivity contribution in [3.63, 3.8) is 0 Å². The second kappa shape index (κ2) is 7.68. The molecule has 3 amide bonds. The number of urea groups is 1. The van der Waals surface area contributed by atoms with Gasteiger partial charge >= 0.3 is 12.0 Å². The van der Waals surface area contributed by atoms with Crippen LogP contribution in [0.4, 0.5) is 4.79 Å². The van der Waals surface area contributed by atoms with Crippen LogP contribution in [0.25, 0.3) is 0 Å². The molecule has 1 aliphatic rings. The molecule has 6 nitrogen and oxygen atoms in total. The minimum atomic E-state index is -1.18. The van der Waals surface area contributed by atoms with E-state index in [9.17, 15) is 14.4 Å². The zero-order valence-corrected chi connectivity index (χ0v) is 13.6. The maximum Gasteiger partial charge on any atom is 0.321 e. The van der Waals surface area contributed by atoms with Gasteiger partial charge in [0.2, 0.25) is 5.91 Å². The maximum absolute atomic E-state index is 11.8. The van der Waals surface area contributed by atoms with E-state index < -0.39 is 23.3 Å². The Morgan fingerprint density at radius 2 is 1.95 bits per heavy atom. The number of aliphatic carboxylic acids is 1. The van der Waals surface area contributed by atoms with Gasteiger partial charge in [0.1, 0.15) is 0 Å². The van der Waals surface area contributed by atoms with Crippen molar-refractivity contribution in [2.24, 2.45) is 5.41 Å². The molecule has 0 saturated heterocycles. The number of carboxylic acid groups (broad SMARTS) is 1. The lowest BCUT2D eigenvalue weighted by molar-refractivity contribution is -0.149. The normalized spacial score (nSPS) is 21.9. The Hall–Kier alpha value is -1.24. The molecule has 0 aromatic heterocycles. The van der Waals surface area contributed by atoms with Gasteiger partial charge < -0.3 is 10.4 Å². The second-order valence-corrected chi connectivity index (χ2v) is 7.43. The summed E-state index contributed by atoms with van der Waals surface area (Å²) >= 11 is 1.82. The predicted molar refractivity (Wildman–Crippen MR) is 82.3 cm³/mol. The maximum atomic E-state index is 11.8. The number of hydrogen-bond acceptors (Lipinski definition) is 4. The third-order valence-corrected chi connectivity index (χ3v) is 4.91. The molecule has 0 aromatic carbocycles. The van der Waals surface area contributed by atoms with E-state index in [1.54, 1.807) is 0 Å². The first-order chi connectivity index (χ1) is 9.76. The van der Waals surface area contributed by atoms with Crippen LogP contribution in [0.2, 0.25) is 0 Å². The van der Waals surface area contributed by atoms with Gasteiger partial charge in [0, 0.05) is 17.7 Å². The van der Waals surface area contributed by atoms with Gasteiger partial charge in [-0.3, -0.25) is 14.9 Å². The van der Waals surface area contributed by atoms with Crippen LogP contribution in [0, 0.1) is 5.41 Å². The monoisotopic (exact) mass is 316 g/mol. The van der Waals surface area contributed by atoms with Gasteiger partial charge in [0.05, 0.1) is 5.41 Å². The topological polar surface area (TPSA) is 95.5 Å². The van der Waals surface area contributed by atoms with Crippen LogP contribution in [-0.4, -0.2) is 40.1 Å². The summed E-state index contributed by atoms with van der Waals surface area (Å²) in [5, 5.41) is 14.4. The van der Waals surface area contributed by atoms with Gasteiger partial charge in [-0.05, 0) is 32.4 Å². The van der Waals surface area contributed by atoms with E-state index in [2.05, 4.69) is 17.6 Å². The van der Waals surface area contributed by atoms with Crippen LogP contribution in [0.3, 0.4) is 0 Å². The highest BCUT2D eigenvalue weighted by atomic mass is 32.2. The zero-order valence-electron chi connectivity index (χ0n) is 12.8. The van der Waals surface area contributed by atoms with E-state index in [-0.39, 0.29) is 12.5 Å². The number of nitrogens with one attached hydrogen (secondary N) is 2. The highest BCUT2D eigenvalue weighted by Gasteiger charge is 2.32. The molecule has 3 N–H and O–H groups in total. The van der Waals surface area contributed by atoms with Crippen molar-refractivity contribution in [2.75, 3.05) is 5.75 Å². The Morgan fingerprint density at radius 3 is 2.52 bits per heavy atom. The number of imide groups is 1. The molecular weight excluding hydrogens is 292 g/mol. The molecule has 120 valence electrons. The third kappa shape index (κ3) is 5.57. The summed E-state index contributed by atoms with van der Waals surface area (Å²) in [6.07, 6.45) is 2.83. The van der Waals surface area contributed by atoms with E-state index in [1.165, 1.54) is 13.8 Å². The van der Waals surface area contributed by atoms with Gasteiger partial charge in [0.15, 0.2) is 0 Å². The van der Waals surface area contributed by atoms with Crippen molar-refractivity contribution < 1.29 is 19.5 Å². The summed E-state index contributed by atoms with van der Waals surface area (Å²) in [7, 11) is 0. The molecule has 0 heterocycles. The number of carbonyl (C=O) groups is 3. The minimum Gasteiger partial charge on any atom is -0.481 e. The first-order valence-corrected chi connectivity index (χ1v) is 8.26. The quantitative estimate of drug-likeness (QED) is 0.696. The summed E-state index contributed by atoms with van der Waals surface area (Å²) in [5.74, 6) is -0.637. The number of hydrogen-bond donors (Lipinski definition) is 3. The van der Waals surface area contributed by atoms with E-state index >= 15 is 0 Å². The fourth-order valence-corrected chi connectivity index (χ4v) is 3.55. The fourth-order valence-electron chi connectivity index (χ4n) is 2.36. The van der Waals surface area contributed by atoms with Crippen molar-refractivity contribution in [1.82, 2.24) is 10.6 Å². The lowest BCUT2D eigenvalue weighted by atomic mass is 9.89. The largest absolute Gasteiger partial charge is 0.481 e. The van der Waals surface area contributed by atoms with Crippen LogP contribution < -0.4 is 10.6 Å². The average molecular weight is 316 g/mol. The Morgan fingerprint density at radius 1 is 1.29 bits per heavy atom. The van der Waals surface area contributed by atoms with E-state index in [0.29, 0.717) is 5.25 Å². The van der Waals surface area contributed by atoms with Gasteiger partial charge in [-0.25, -0.2) is 4.79 Å². The Balaban J connectivity index is 2.43. The molecule has 0 aliphatic heterocycles. The van der Waals surface area contributed by atoms with Gasteiger partial charge in [-0.15, -0.1) is 0 Å². The van der Waals surface area contributed by atoms with E-state index in [4.69, 9.17) is 5.11 Å². The summed E-state index contributed by atoms with van der Waals surface area (Å²) in [4.78, 5) is 34.5. The van der Waals surface area contributed by atoms with E-state index in [0.717, 1.165) is 25.0 Å². The molecule has 1 saturated carbocycles. The molecule has 0 bridgehead atoms. The molecule has 21 heavy (non-hydrogen) atoms. The summed E-state index contributed by atoms with van der Waals surface area (Å²) in [6.45, 7) is 4.99. The zero-order chi connectivity index (χ0) is 16.0. The van der Waals surface area contributed by atoms with Crippen molar-refractivity contribution >= 4 is 29.7 Å². The molecule has 0 aromatic rings. The van der Waals surface area contributed by atoms with Crippen LogP contribution in [-0.2, 0) is 9.59 Å². The van der Waals surface area contributed by atoms with Crippen molar-refractivity contribution in [1.29, 1.82) is 0 Å². The Labute approximate surface area is 129 Å². The van der Waals surface area contributed by atoms with Crippen molar-refractivity contribution in [3.8, 4) is 0 Å². The molecule has 2 unspecified atom stereocenters. The average Bonchev–Trinajstić information content (AvgIpc) is 2.75. The summed E-state index contributed by atoms with van der Waals surface area (Å²) in [6, 6.07) is -0.454. The van der Waals surface area contributed by atoms with Gasteiger partial charge in [-0.2, -0.15) is 11.8 Å². The number of carboxylic acids is 1. The standard InChI is InChI=1S/C14H24N2O4S/c1-4-21-10-7-5-6-9(10)15-13(20)16-11(17)8-14(2,3)12(18)19/h9-10H,4-8H2,1-3H3,(H,18,19)(H2,15,16,17,20). The predicted octanol–water partition coefficient (Wildman–Crippen LogP) is 1.99. The third-order valence-electron chi connectivity index (χ3n) is 3.58. The molecular formula is C14H24N2O4S. The molecule has 0 spiro atoms. The lowest BCUT2D eigenvalue weighted by Crippen LogP contribution is -2.47. The molecule has 2 atom stereocenters. The second-order valence-electron chi connectivity index (χ2n) is 5.92. The van der Waals surface area contributed by atoms with E-state index in [1.807, 2.05) is 11.8 Å². The summed E-state index contributed by atoms with van der Waals surface area (Å²) < 4.78 is 0. The van der Waals surface area contributed by atoms with Crippen LogP contribution in [0.5, 0.6) is 0 Å². The van der Waals surface area contributed by atoms with Gasteiger partial charge in [-0.1, -0.05) is 13.3 Å². The molecule has 1 fully saturated rings. The minimum absolute atomic E-state index is 0.0789. The fraction of sp³-hybridized carbons (Fsp3) is 0.786. The SMILES string of the molecule is CCSC1CCCC1NC(=O)NC(=O)CC(C)(C)C(=O)O. The van der Waals surface area contributed by atoms with Crippen molar-refractivity contribution in [2.45, 2.75) is 57.7 Å². The highest BCUT2D eigenvalue weighted by molar-refractivity contribution is 7.99. The number of carbonyl (C=O) groups excluding carboxylic acids is 2. The first kappa shape index (κ1) is 17.8. The van der Waals surface area contributed by atoms with Crippen LogP contribution in [0.15, 0.2) is 0 Å². The smallest absolute Gasteiger partial charge is 0.321 e. The molecule has 7 heteroatoms. The number of rotatable bonds is 6. The number of thioether (sulfide) groups is 1. The number of amides is 3. The Kier molecular flexibility index (Phi) is 6.51. The van der Waals surface area contributed by atoms with Crippen LogP contribution in [0.1, 0.15) is 46.5 Å². The van der Waals surface area contributed by atoms with Gasteiger partial charge in [0.25, 0.3) is 0 Å². The lowest BCUT2D eigenvalue weighted by Gasteiger charge is -2.21. The summed E-state index contributed by atoms with van der Waals surface area (Å²) in [5.41, 5.74) is -1.18. The highest BCUT2D eigenvalue weighted by Crippen LogP contribution is 2.29. The molecule has 1 rings (SSSR count). The molecule has 0 radical (unpaired) electrons. The van der Waals surface area contributed by atoms with Crippen molar-refractivity contribution in [3.05, 3.63) is 0 Å². The molecule has 1 aliphatic carbocycles.